The Kier molecular flexibility index (Phi) is 15.0. The second-order valence-corrected chi connectivity index (χ2v) is 10.2. The van der Waals surface area contributed by atoms with Crippen molar-refractivity contribution in [3.8, 4) is 0 Å². The first kappa shape index (κ1) is 38.9. The Morgan fingerprint density at radius 1 is 1.34 bits per heavy atom. The smallest absolute Gasteiger partial charge is 0.756 e. The van der Waals surface area contributed by atoms with Crippen molar-refractivity contribution < 1.29 is 128 Å². The Morgan fingerprint density at radius 2 is 1.98 bits per heavy atom. The van der Waals surface area contributed by atoms with Gasteiger partial charge in [0.15, 0.2) is 6.23 Å². The zero-order valence-corrected chi connectivity index (χ0v) is 27.1. The number of nitrogens with one attached hydrogen (secondary N) is 1. The first-order valence-electron chi connectivity index (χ1n) is 11.4. The molecule has 9 N–H and O–H groups in total. The minimum absolute atomic E-state index is 0. The van der Waals surface area contributed by atoms with E-state index in [-0.39, 0.29) is 64.9 Å². The molecule has 3 rings (SSSR count). The van der Waals surface area contributed by atoms with Gasteiger partial charge in [0.1, 0.15) is 48.4 Å². The van der Waals surface area contributed by atoms with E-state index in [1.807, 2.05) is 0 Å². The second-order valence-electron chi connectivity index (χ2n) is 8.87. The number of phosphoric ester groups is 1. The zero-order valence-electron chi connectivity index (χ0n) is 22.2. The maximum atomic E-state index is 12.6. The molecule has 0 aliphatic carbocycles. The van der Waals surface area contributed by atoms with E-state index in [4.69, 9.17) is 20.3 Å². The number of likely N-dealkylation sites (N-methyl/N-ethyl adjacent to an activating group) is 1. The summed E-state index contributed by atoms with van der Waals surface area (Å²) >= 11 is 0. The molecule has 0 amide bonds. The molecule has 1 aromatic rings. The minimum Gasteiger partial charge on any atom is -0.756 e. The molecule has 2 aliphatic rings. The van der Waals surface area contributed by atoms with Crippen molar-refractivity contribution in [3.63, 3.8) is 0 Å². The number of nitrogens with two attached hydrogens (primary N) is 1. The van der Waals surface area contributed by atoms with Crippen LogP contribution in [0.2, 0.25) is 0 Å². The van der Waals surface area contributed by atoms with E-state index < -0.39 is 99.9 Å². The number of hydrogen-bond acceptors (Lipinski definition) is 18. The maximum absolute atomic E-state index is 12.6. The SMILES string of the molecule is CNC1C(O)CC(OP(=O)([O-])OC[C@H]2O[C@@H](n3ccc(N)nc3=O)[C@@H](O)C2O)(C(=O)[O-])OC1[C@H](O)[C@H](O)CO.[Na+].[Na+]. The van der Waals surface area contributed by atoms with Gasteiger partial charge in [0.25, 0.3) is 7.82 Å². The standard InChI is InChI=1S/C19H31N4O15P.2Na/c1-21-11-7(25)4-19(17(30)31,37-15(11)12(27)8(26)5-24)38-39(33,34)35-6-9-13(28)14(29)16(36-9)23-3-2-10(20)22-18(23)32;;/h2-3,7-9,11-16,21,24-29H,4-6H2,1H3,(H,30,31)(H,33,34)(H2,20,22,32);;/q;2*+1/p-2/t7?,8-,9-,11?,12-,13?,14+,15?,16-,19?;;/m1../s1. The number of aliphatic hydroxyl groups is 6. The molecule has 22 heteroatoms. The summed E-state index contributed by atoms with van der Waals surface area (Å²) in [6, 6.07) is -0.0517. The predicted octanol–water partition coefficient (Wildman–Crippen LogP) is -13.1. The molecule has 0 saturated carbocycles. The fraction of sp³-hybridized carbons (Fsp3) is 0.737. The third-order valence-electron chi connectivity index (χ3n) is 6.25. The van der Waals surface area contributed by atoms with Crippen LogP contribution < -0.4 is 85.9 Å². The molecule has 0 radical (unpaired) electrons. The Balaban J connectivity index is 0.00000420. The molecule has 0 spiro atoms. The van der Waals surface area contributed by atoms with Crippen molar-refractivity contribution >= 4 is 19.6 Å². The van der Waals surface area contributed by atoms with Crippen LogP contribution in [0.25, 0.3) is 0 Å². The number of aromatic nitrogens is 2. The number of rotatable bonds is 11. The van der Waals surface area contributed by atoms with Gasteiger partial charge in [-0.15, -0.1) is 0 Å². The van der Waals surface area contributed by atoms with Crippen LogP contribution in [0.5, 0.6) is 0 Å². The average Bonchev–Trinajstić information content (AvgIpc) is 3.14. The summed E-state index contributed by atoms with van der Waals surface area (Å²) < 4.78 is 33.2. The van der Waals surface area contributed by atoms with Gasteiger partial charge in [0.05, 0.1) is 25.4 Å². The molecule has 2 saturated heterocycles. The van der Waals surface area contributed by atoms with Gasteiger partial charge < -0.3 is 70.5 Å². The van der Waals surface area contributed by atoms with E-state index >= 15 is 0 Å². The molecule has 11 atom stereocenters. The number of carboxylic acids is 1. The second kappa shape index (κ2) is 15.8. The average molecular weight is 630 g/mol. The molecule has 0 bridgehead atoms. The van der Waals surface area contributed by atoms with Crippen LogP contribution in [-0.2, 0) is 27.9 Å². The molecule has 1 aromatic heterocycles. The number of aliphatic carboxylic acids is 1. The Labute approximate surface area is 276 Å². The number of nitrogens with zero attached hydrogens (tertiary/aromatic N) is 2. The van der Waals surface area contributed by atoms with Gasteiger partial charge in [-0.1, -0.05) is 0 Å². The van der Waals surface area contributed by atoms with Crippen molar-refractivity contribution in [2.75, 3.05) is 26.0 Å². The summed E-state index contributed by atoms with van der Waals surface area (Å²) in [5, 5.41) is 74.7. The van der Waals surface area contributed by atoms with Crippen molar-refractivity contribution in [1.29, 1.82) is 0 Å². The van der Waals surface area contributed by atoms with E-state index in [1.165, 1.54) is 13.1 Å². The molecular formula is C19H29N4Na2O15P. The topological polar surface area (TPSA) is 312 Å². The number of ether oxygens (including phenoxy) is 2. The molecular weight excluding hydrogens is 601 g/mol. The van der Waals surface area contributed by atoms with Crippen LogP contribution in [0.1, 0.15) is 12.6 Å². The van der Waals surface area contributed by atoms with Gasteiger partial charge >= 0.3 is 64.8 Å². The van der Waals surface area contributed by atoms with Crippen molar-refractivity contribution in [1.82, 2.24) is 14.9 Å². The number of carbonyl (C=O) groups is 1. The third-order valence-corrected chi connectivity index (χ3v) is 7.24. The van der Waals surface area contributed by atoms with Crippen LogP contribution in [0.3, 0.4) is 0 Å². The molecule has 2 fully saturated rings. The number of carbonyl (C=O) groups excluding carboxylic acids is 1. The minimum atomic E-state index is -5.72. The summed E-state index contributed by atoms with van der Waals surface area (Å²) in [7, 11) is -4.43. The number of carboxylic acid groups (broad SMARTS) is 1. The Bertz CT molecular complexity index is 1140. The number of aliphatic hydroxyl groups excluding tert-OH is 6. The van der Waals surface area contributed by atoms with Crippen LogP contribution in [-0.4, -0.2) is 121 Å². The van der Waals surface area contributed by atoms with Crippen LogP contribution in [0.15, 0.2) is 17.1 Å². The van der Waals surface area contributed by atoms with Gasteiger partial charge in [-0.05, 0) is 13.1 Å². The van der Waals surface area contributed by atoms with Crippen LogP contribution in [0, 0.1) is 0 Å². The first-order chi connectivity index (χ1) is 18.2. The monoisotopic (exact) mass is 630 g/mol. The first-order valence-corrected chi connectivity index (χ1v) is 12.9. The van der Waals surface area contributed by atoms with Gasteiger partial charge in [-0.3, -0.25) is 13.7 Å². The summed E-state index contributed by atoms with van der Waals surface area (Å²) in [6.07, 6.45) is -14.1. The number of nitrogen functional groups attached to an aromatic ring is 1. The molecule has 6 unspecified atom stereocenters. The summed E-state index contributed by atoms with van der Waals surface area (Å²) in [6.45, 7) is -2.04. The van der Waals surface area contributed by atoms with Gasteiger partial charge in [0.2, 0.25) is 5.79 Å². The summed E-state index contributed by atoms with van der Waals surface area (Å²) in [4.78, 5) is 40.1. The quantitative estimate of drug-likeness (QED) is 0.0831. The van der Waals surface area contributed by atoms with Crippen molar-refractivity contribution in [3.05, 3.63) is 22.7 Å². The predicted molar refractivity (Wildman–Crippen MR) is 119 cm³/mol. The fourth-order valence-corrected chi connectivity index (χ4v) is 5.18. The van der Waals surface area contributed by atoms with Crippen molar-refractivity contribution in [2.45, 2.75) is 67.2 Å². The van der Waals surface area contributed by atoms with E-state index in [0.717, 1.165) is 10.8 Å². The van der Waals surface area contributed by atoms with E-state index in [2.05, 4.69) is 19.3 Å². The van der Waals surface area contributed by atoms with Crippen LogP contribution in [0.4, 0.5) is 5.82 Å². The largest absolute Gasteiger partial charge is 1.00 e. The molecule has 222 valence electrons. The molecule has 2 aliphatic heterocycles. The third kappa shape index (κ3) is 8.76. The van der Waals surface area contributed by atoms with E-state index in [9.17, 15) is 49.7 Å². The van der Waals surface area contributed by atoms with Crippen molar-refractivity contribution in [2.24, 2.45) is 0 Å². The molecule has 19 nitrogen and oxygen atoms in total. The normalized spacial score (nSPS) is 34.5. The maximum Gasteiger partial charge on any atom is 1.00 e. The molecule has 3 heterocycles. The van der Waals surface area contributed by atoms with E-state index in [0.29, 0.717) is 0 Å². The summed E-state index contributed by atoms with van der Waals surface area (Å²) in [5.74, 6) is -5.69. The molecule has 41 heavy (non-hydrogen) atoms. The number of phosphoric acid groups is 1. The van der Waals surface area contributed by atoms with Gasteiger partial charge in [0, 0.05) is 12.6 Å². The van der Waals surface area contributed by atoms with Gasteiger partial charge in [-0.2, -0.15) is 4.98 Å². The molecule has 0 aromatic carbocycles. The van der Waals surface area contributed by atoms with Gasteiger partial charge in [-0.25, -0.2) is 4.79 Å². The Hall–Kier alpha value is -0.100. The number of hydrogen-bond donors (Lipinski definition) is 8. The summed E-state index contributed by atoms with van der Waals surface area (Å²) in [5.41, 5.74) is 4.45. The van der Waals surface area contributed by atoms with Crippen LogP contribution >= 0.6 is 7.82 Å². The zero-order chi connectivity index (χ0) is 29.3. The fourth-order valence-electron chi connectivity index (χ4n) is 4.24. The van der Waals surface area contributed by atoms with E-state index in [1.54, 1.807) is 0 Å². The Morgan fingerprint density at radius 3 is 2.51 bits per heavy atom. The number of anilines is 1.